The fourth-order valence-corrected chi connectivity index (χ4v) is 2.28. The molecule has 108 valence electrons. The van der Waals surface area contributed by atoms with Crippen LogP contribution in [0.4, 0.5) is 5.82 Å². The van der Waals surface area contributed by atoms with Crippen molar-refractivity contribution in [1.82, 2.24) is 19.7 Å². The summed E-state index contributed by atoms with van der Waals surface area (Å²) in [6.07, 6.45) is 3.25. The van der Waals surface area contributed by atoms with Crippen LogP contribution < -0.4 is 5.32 Å². The Hall–Kier alpha value is -2.47. The summed E-state index contributed by atoms with van der Waals surface area (Å²) in [5.74, 6) is 0.686. The Morgan fingerprint density at radius 3 is 2.90 bits per heavy atom. The number of fused-ring (bicyclic) bond motifs is 1. The first-order valence-electron chi connectivity index (χ1n) is 6.82. The molecule has 2 N–H and O–H groups in total. The minimum absolute atomic E-state index is 0.0522. The number of hydrogen-bond donors (Lipinski definition) is 2. The minimum atomic E-state index is 0.0522. The topological polar surface area (TPSA) is 75.9 Å². The number of anilines is 1. The first-order valence-corrected chi connectivity index (χ1v) is 6.82. The third-order valence-corrected chi connectivity index (χ3v) is 3.36. The van der Waals surface area contributed by atoms with Crippen molar-refractivity contribution in [3.63, 3.8) is 0 Å². The molecule has 0 unspecified atom stereocenters. The SMILES string of the molecule is Cc1ccc(C)c(-n2ncc3c(NCCO)ncnc32)c1. The summed E-state index contributed by atoms with van der Waals surface area (Å²) in [6, 6.07) is 6.24. The van der Waals surface area contributed by atoms with E-state index < -0.39 is 0 Å². The van der Waals surface area contributed by atoms with Gasteiger partial charge >= 0.3 is 0 Å². The predicted molar refractivity (Wildman–Crippen MR) is 81.7 cm³/mol. The molecule has 21 heavy (non-hydrogen) atoms. The van der Waals surface area contributed by atoms with E-state index in [9.17, 15) is 0 Å². The Labute approximate surface area is 122 Å². The molecule has 3 aromatic rings. The monoisotopic (exact) mass is 283 g/mol. The number of nitrogens with one attached hydrogen (secondary N) is 1. The van der Waals surface area contributed by atoms with Crippen molar-refractivity contribution < 1.29 is 5.11 Å². The maximum atomic E-state index is 8.92. The van der Waals surface area contributed by atoms with Gasteiger partial charge in [-0.3, -0.25) is 0 Å². The molecular weight excluding hydrogens is 266 g/mol. The molecule has 0 aliphatic heterocycles. The Morgan fingerprint density at radius 1 is 1.24 bits per heavy atom. The molecule has 0 bridgehead atoms. The second-order valence-corrected chi connectivity index (χ2v) is 4.96. The van der Waals surface area contributed by atoms with Gasteiger partial charge in [-0.05, 0) is 31.0 Å². The normalized spacial score (nSPS) is 11.0. The number of benzene rings is 1. The quantitative estimate of drug-likeness (QED) is 0.764. The highest BCUT2D eigenvalue weighted by Gasteiger charge is 2.12. The molecule has 0 aliphatic carbocycles. The van der Waals surface area contributed by atoms with E-state index in [-0.39, 0.29) is 6.61 Å². The van der Waals surface area contributed by atoms with Crippen molar-refractivity contribution in [2.45, 2.75) is 13.8 Å². The van der Waals surface area contributed by atoms with Gasteiger partial charge in [-0.15, -0.1) is 0 Å². The summed E-state index contributed by atoms with van der Waals surface area (Å²) in [7, 11) is 0. The predicted octanol–water partition coefficient (Wildman–Crippen LogP) is 1.84. The maximum absolute atomic E-state index is 8.92. The molecule has 1 aromatic carbocycles. The molecule has 0 spiro atoms. The Balaban J connectivity index is 2.14. The summed E-state index contributed by atoms with van der Waals surface area (Å²) in [4.78, 5) is 8.55. The van der Waals surface area contributed by atoms with Crippen molar-refractivity contribution in [3.8, 4) is 5.69 Å². The van der Waals surface area contributed by atoms with Gasteiger partial charge in [0.05, 0.1) is 23.9 Å². The van der Waals surface area contributed by atoms with E-state index in [1.807, 2.05) is 11.6 Å². The number of aryl methyl sites for hydroxylation is 2. The van der Waals surface area contributed by atoms with Crippen LogP contribution in [-0.4, -0.2) is 38.0 Å². The van der Waals surface area contributed by atoms with Crippen LogP contribution in [0.2, 0.25) is 0 Å². The third kappa shape index (κ3) is 2.45. The molecule has 0 fully saturated rings. The zero-order chi connectivity index (χ0) is 14.8. The second-order valence-electron chi connectivity index (χ2n) is 4.96. The molecule has 6 nitrogen and oxygen atoms in total. The summed E-state index contributed by atoms with van der Waals surface area (Å²) in [5, 5.41) is 17.3. The van der Waals surface area contributed by atoms with Gasteiger partial charge in [0.1, 0.15) is 12.1 Å². The maximum Gasteiger partial charge on any atom is 0.168 e. The van der Waals surface area contributed by atoms with Crippen molar-refractivity contribution >= 4 is 16.9 Å². The van der Waals surface area contributed by atoms with Gasteiger partial charge in [0.25, 0.3) is 0 Å². The highest BCUT2D eigenvalue weighted by Crippen LogP contribution is 2.23. The highest BCUT2D eigenvalue weighted by molar-refractivity contribution is 5.87. The first kappa shape index (κ1) is 13.5. The summed E-state index contributed by atoms with van der Waals surface area (Å²) in [6.45, 7) is 4.60. The van der Waals surface area contributed by atoms with Gasteiger partial charge in [-0.25, -0.2) is 14.6 Å². The third-order valence-electron chi connectivity index (χ3n) is 3.36. The molecule has 2 heterocycles. The zero-order valence-corrected chi connectivity index (χ0v) is 12.0. The molecule has 0 amide bonds. The van der Waals surface area contributed by atoms with E-state index >= 15 is 0 Å². The number of rotatable bonds is 4. The van der Waals surface area contributed by atoms with Gasteiger partial charge in [0.2, 0.25) is 0 Å². The van der Waals surface area contributed by atoms with Crippen LogP contribution in [0.1, 0.15) is 11.1 Å². The number of nitrogens with zero attached hydrogens (tertiary/aromatic N) is 4. The summed E-state index contributed by atoms with van der Waals surface area (Å²) < 4.78 is 1.82. The van der Waals surface area contributed by atoms with Crippen LogP contribution >= 0.6 is 0 Å². The largest absolute Gasteiger partial charge is 0.395 e. The van der Waals surface area contributed by atoms with Gasteiger partial charge in [0, 0.05) is 6.54 Å². The van der Waals surface area contributed by atoms with Crippen LogP contribution in [-0.2, 0) is 0 Å². The second kappa shape index (κ2) is 5.49. The number of aliphatic hydroxyl groups excluding tert-OH is 1. The van der Waals surface area contributed by atoms with E-state index in [1.165, 1.54) is 11.9 Å². The average molecular weight is 283 g/mol. The molecule has 0 radical (unpaired) electrons. The average Bonchev–Trinajstić information content (AvgIpc) is 2.92. The Kier molecular flexibility index (Phi) is 3.53. The lowest BCUT2D eigenvalue weighted by atomic mass is 10.1. The Morgan fingerprint density at radius 2 is 2.10 bits per heavy atom. The van der Waals surface area contributed by atoms with Crippen molar-refractivity contribution in [2.24, 2.45) is 0 Å². The van der Waals surface area contributed by atoms with Crippen LogP contribution in [0, 0.1) is 13.8 Å². The van der Waals surface area contributed by atoms with Gasteiger partial charge in [-0.1, -0.05) is 12.1 Å². The first-order chi connectivity index (χ1) is 10.2. The fourth-order valence-electron chi connectivity index (χ4n) is 2.28. The van der Waals surface area contributed by atoms with E-state index in [0.29, 0.717) is 12.4 Å². The molecule has 2 aromatic heterocycles. The van der Waals surface area contributed by atoms with Gasteiger partial charge in [0.15, 0.2) is 5.65 Å². The lowest BCUT2D eigenvalue weighted by Crippen LogP contribution is -2.07. The molecule has 0 atom stereocenters. The van der Waals surface area contributed by atoms with Crippen LogP contribution in [0.25, 0.3) is 16.7 Å². The van der Waals surface area contributed by atoms with Crippen molar-refractivity contribution in [1.29, 1.82) is 0 Å². The van der Waals surface area contributed by atoms with E-state index in [1.54, 1.807) is 6.20 Å². The highest BCUT2D eigenvalue weighted by atomic mass is 16.3. The number of aromatic nitrogens is 4. The van der Waals surface area contributed by atoms with Crippen molar-refractivity contribution in [3.05, 3.63) is 41.9 Å². The zero-order valence-electron chi connectivity index (χ0n) is 12.0. The summed E-state index contributed by atoms with van der Waals surface area (Å²) in [5.41, 5.74) is 4.07. The minimum Gasteiger partial charge on any atom is -0.395 e. The Bertz CT molecular complexity index is 781. The molecule has 6 heteroatoms. The van der Waals surface area contributed by atoms with E-state index in [4.69, 9.17) is 5.11 Å². The molecule has 0 aliphatic rings. The lowest BCUT2D eigenvalue weighted by Gasteiger charge is -2.08. The smallest absolute Gasteiger partial charge is 0.168 e. The van der Waals surface area contributed by atoms with E-state index in [0.717, 1.165) is 22.3 Å². The van der Waals surface area contributed by atoms with Gasteiger partial charge in [-0.2, -0.15) is 5.10 Å². The lowest BCUT2D eigenvalue weighted by molar-refractivity contribution is 0.311. The molecule has 3 rings (SSSR count). The molecule has 0 saturated carbocycles. The number of aliphatic hydroxyl groups is 1. The van der Waals surface area contributed by atoms with Crippen LogP contribution in [0.3, 0.4) is 0 Å². The fraction of sp³-hybridized carbons (Fsp3) is 0.267. The standard InChI is InChI=1S/C15H17N5O/c1-10-3-4-11(2)13(7-10)20-15-12(8-19-20)14(16-5-6-21)17-9-18-15/h3-4,7-9,21H,5-6H2,1-2H3,(H,16,17,18). The molecular formula is C15H17N5O. The van der Waals surface area contributed by atoms with Crippen LogP contribution in [0.5, 0.6) is 0 Å². The van der Waals surface area contributed by atoms with Crippen molar-refractivity contribution in [2.75, 3.05) is 18.5 Å². The van der Waals surface area contributed by atoms with Crippen LogP contribution in [0.15, 0.2) is 30.7 Å². The van der Waals surface area contributed by atoms with E-state index in [2.05, 4.69) is 45.5 Å². The molecule has 0 saturated heterocycles. The summed E-state index contributed by atoms with van der Waals surface area (Å²) >= 11 is 0. The number of hydrogen-bond acceptors (Lipinski definition) is 5. The van der Waals surface area contributed by atoms with Gasteiger partial charge < -0.3 is 10.4 Å².